The van der Waals surface area contributed by atoms with Gasteiger partial charge in [-0.25, -0.2) is 14.2 Å². The van der Waals surface area contributed by atoms with E-state index >= 15 is 0 Å². The van der Waals surface area contributed by atoms with E-state index in [-0.39, 0.29) is 11.4 Å². The summed E-state index contributed by atoms with van der Waals surface area (Å²) in [6.07, 6.45) is -3.35. The van der Waals surface area contributed by atoms with Crippen LogP contribution in [0.5, 0.6) is 0 Å². The van der Waals surface area contributed by atoms with Gasteiger partial charge in [-0.2, -0.15) is 13.2 Å². The Kier molecular flexibility index (Phi) is 5.48. The van der Waals surface area contributed by atoms with Crippen molar-refractivity contribution in [3.63, 3.8) is 0 Å². The summed E-state index contributed by atoms with van der Waals surface area (Å²) < 4.78 is 53.5. The van der Waals surface area contributed by atoms with Gasteiger partial charge in [0.2, 0.25) is 0 Å². The van der Waals surface area contributed by atoms with Gasteiger partial charge in [-0.15, -0.1) is 0 Å². The van der Waals surface area contributed by atoms with Gasteiger partial charge >= 0.3 is 12.1 Å². The molecule has 27 heavy (non-hydrogen) atoms. The second-order valence-electron chi connectivity index (χ2n) is 6.05. The zero-order chi connectivity index (χ0) is 19.4. The fraction of sp³-hybridized carbons (Fsp3) is 0.333. The minimum atomic E-state index is -4.56. The Balaban J connectivity index is 1.55. The van der Waals surface area contributed by atoms with Crippen molar-refractivity contribution in [2.45, 2.75) is 6.18 Å². The summed E-state index contributed by atoms with van der Waals surface area (Å²) >= 11 is 0. The van der Waals surface area contributed by atoms with E-state index in [9.17, 15) is 22.4 Å². The summed E-state index contributed by atoms with van der Waals surface area (Å²) in [5, 5.41) is 0. The molecule has 3 rings (SSSR count). The quantitative estimate of drug-likeness (QED) is 0.599. The number of piperazine rings is 1. The Morgan fingerprint density at radius 1 is 1.00 bits per heavy atom. The predicted molar refractivity (Wildman–Crippen MR) is 91.4 cm³/mol. The van der Waals surface area contributed by atoms with Crippen LogP contribution in [0.3, 0.4) is 0 Å². The van der Waals surface area contributed by atoms with Crippen LogP contribution in [0, 0.1) is 5.82 Å². The van der Waals surface area contributed by atoms with Crippen molar-refractivity contribution >= 4 is 17.5 Å². The number of halogens is 4. The van der Waals surface area contributed by atoms with E-state index in [1.54, 1.807) is 18.2 Å². The molecule has 0 bridgehead atoms. The van der Waals surface area contributed by atoms with E-state index in [1.165, 1.54) is 24.4 Å². The molecule has 1 saturated heterocycles. The van der Waals surface area contributed by atoms with E-state index in [2.05, 4.69) is 14.6 Å². The summed E-state index contributed by atoms with van der Waals surface area (Å²) in [6, 6.07) is 9.26. The summed E-state index contributed by atoms with van der Waals surface area (Å²) in [5.41, 5.74) is 0.903. The van der Waals surface area contributed by atoms with E-state index in [0.29, 0.717) is 32.0 Å². The molecule has 144 valence electrons. The number of benzene rings is 1. The number of esters is 1. The first kappa shape index (κ1) is 18.9. The molecule has 1 aliphatic heterocycles. The van der Waals surface area contributed by atoms with Crippen LogP contribution in [0.1, 0.15) is 10.4 Å². The van der Waals surface area contributed by atoms with Gasteiger partial charge in [-0.1, -0.05) is 0 Å². The lowest BCUT2D eigenvalue weighted by Crippen LogP contribution is -2.46. The third-order valence-electron chi connectivity index (χ3n) is 4.15. The van der Waals surface area contributed by atoms with Crippen molar-refractivity contribution < 1.29 is 27.1 Å². The number of rotatable bonds is 4. The number of hydrogen-bond acceptors (Lipinski definition) is 5. The average molecular weight is 383 g/mol. The number of carbonyl (C=O) groups is 1. The van der Waals surface area contributed by atoms with Gasteiger partial charge in [0, 0.05) is 38.1 Å². The van der Waals surface area contributed by atoms with Crippen molar-refractivity contribution in [3.8, 4) is 0 Å². The molecule has 0 radical (unpaired) electrons. The molecule has 0 spiro atoms. The molecule has 5 nitrogen and oxygen atoms in total. The molecule has 9 heteroatoms. The molecule has 0 atom stereocenters. The fourth-order valence-corrected chi connectivity index (χ4v) is 2.77. The molecular formula is C18H17F4N3O2. The Labute approximate surface area is 153 Å². The van der Waals surface area contributed by atoms with Crippen molar-refractivity contribution in [1.82, 2.24) is 4.98 Å². The van der Waals surface area contributed by atoms with Crippen LogP contribution in [0.15, 0.2) is 42.6 Å². The third-order valence-corrected chi connectivity index (χ3v) is 4.15. The molecule has 0 unspecified atom stereocenters. The lowest BCUT2D eigenvalue weighted by Gasteiger charge is -2.36. The van der Waals surface area contributed by atoms with Crippen LogP contribution in [-0.2, 0) is 4.74 Å². The van der Waals surface area contributed by atoms with Crippen molar-refractivity contribution in [1.29, 1.82) is 0 Å². The molecule has 2 aromatic rings. The second kappa shape index (κ2) is 7.81. The topological polar surface area (TPSA) is 45.7 Å². The molecular weight excluding hydrogens is 366 g/mol. The number of ether oxygens (including phenoxy) is 1. The Bertz CT molecular complexity index is 771. The van der Waals surface area contributed by atoms with E-state index in [0.717, 1.165) is 5.69 Å². The standard InChI is InChI=1S/C18H17F4N3O2/c19-14-2-4-15(5-3-14)24-7-9-25(10-8-24)16-6-1-13(11-23-16)17(26)27-12-18(20,21)22/h1-6,11H,7-10,12H2. The van der Waals surface area contributed by atoms with Crippen LogP contribution in [0.4, 0.5) is 29.1 Å². The Morgan fingerprint density at radius 3 is 2.19 bits per heavy atom. The molecule has 1 aromatic heterocycles. The first-order valence-electron chi connectivity index (χ1n) is 8.27. The number of anilines is 2. The van der Waals surface area contributed by atoms with Gasteiger partial charge in [0.1, 0.15) is 11.6 Å². The van der Waals surface area contributed by atoms with Gasteiger partial charge in [0.05, 0.1) is 5.56 Å². The monoisotopic (exact) mass is 383 g/mol. The number of alkyl halides is 3. The van der Waals surface area contributed by atoms with Gasteiger partial charge < -0.3 is 14.5 Å². The number of pyridine rings is 1. The minimum absolute atomic E-state index is 0.0343. The molecule has 1 fully saturated rings. The highest BCUT2D eigenvalue weighted by molar-refractivity contribution is 5.89. The number of nitrogens with zero attached hydrogens (tertiary/aromatic N) is 3. The van der Waals surface area contributed by atoms with Gasteiger partial charge in [0.25, 0.3) is 0 Å². The first-order valence-corrected chi connectivity index (χ1v) is 8.27. The molecule has 0 N–H and O–H groups in total. The molecule has 2 heterocycles. The normalized spacial score (nSPS) is 15.0. The van der Waals surface area contributed by atoms with Gasteiger partial charge in [0.15, 0.2) is 6.61 Å². The molecule has 0 aliphatic carbocycles. The zero-order valence-corrected chi connectivity index (χ0v) is 14.2. The van der Waals surface area contributed by atoms with Crippen molar-refractivity contribution in [3.05, 3.63) is 54.0 Å². The van der Waals surface area contributed by atoms with E-state index in [1.807, 2.05) is 4.90 Å². The van der Waals surface area contributed by atoms with Crippen LogP contribution >= 0.6 is 0 Å². The van der Waals surface area contributed by atoms with E-state index < -0.39 is 18.8 Å². The number of aromatic nitrogens is 1. The SMILES string of the molecule is O=C(OCC(F)(F)F)c1ccc(N2CCN(c3ccc(F)cc3)CC2)nc1. The maximum absolute atomic E-state index is 13.0. The molecule has 1 aliphatic rings. The lowest BCUT2D eigenvalue weighted by molar-refractivity contribution is -0.161. The van der Waals surface area contributed by atoms with E-state index in [4.69, 9.17) is 0 Å². The highest BCUT2D eigenvalue weighted by atomic mass is 19.4. The van der Waals surface area contributed by atoms with Crippen LogP contribution < -0.4 is 9.80 Å². The second-order valence-corrected chi connectivity index (χ2v) is 6.05. The minimum Gasteiger partial charge on any atom is -0.452 e. The maximum Gasteiger partial charge on any atom is 0.422 e. The lowest BCUT2D eigenvalue weighted by atomic mass is 10.2. The van der Waals surface area contributed by atoms with Gasteiger partial charge in [-0.05, 0) is 36.4 Å². The Morgan fingerprint density at radius 2 is 1.63 bits per heavy atom. The number of carbonyl (C=O) groups excluding carboxylic acids is 1. The van der Waals surface area contributed by atoms with Crippen LogP contribution in [-0.4, -0.2) is 49.9 Å². The highest BCUT2D eigenvalue weighted by Crippen LogP contribution is 2.20. The molecule has 0 amide bonds. The molecule has 0 saturated carbocycles. The largest absolute Gasteiger partial charge is 0.452 e. The summed E-state index contributed by atoms with van der Waals surface area (Å²) in [5.74, 6) is -0.718. The fourth-order valence-electron chi connectivity index (χ4n) is 2.77. The Hall–Kier alpha value is -2.84. The summed E-state index contributed by atoms with van der Waals surface area (Å²) in [6.45, 7) is 1.13. The summed E-state index contributed by atoms with van der Waals surface area (Å²) in [7, 11) is 0. The van der Waals surface area contributed by atoms with Crippen LogP contribution in [0.25, 0.3) is 0 Å². The number of hydrogen-bond donors (Lipinski definition) is 0. The maximum atomic E-state index is 13.0. The average Bonchev–Trinajstić information content (AvgIpc) is 2.66. The molecule has 1 aromatic carbocycles. The van der Waals surface area contributed by atoms with Crippen LogP contribution in [0.2, 0.25) is 0 Å². The highest BCUT2D eigenvalue weighted by Gasteiger charge is 2.30. The van der Waals surface area contributed by atoms with Gasteiger partial charge in [-0.3, -0.25) is 0 Å². The predicted octanol–water partition coefficient (Wildman–Crippen LogP) is 3.27. The smallest absolute Gasteiger partial charge is 0.422 e. The van der Waals surface area contributed by atoms with Crippen molar-refractivity contribution in [2.75, 3.05) is 42.6 Å². The summed E-state index contributed by atoms with van der Waals surface area (Å²) in [4.78, 5) is 19.9. The first-order chi connectivity index (χ1) is 12.8. The zero-order valence-electron chi connectivity index (χ0n) is 14.2. The van der Waals surface area contributed by atoms with Crippen molar-refractivity contribution in [2.24, 2.45) is 0 Å². The third kappa shape index (κ3) is 5.08.